The highest BCUT2D eigenvalue weighted by Crippen LogP contribution is 2.32. The monoisotopic (exact) mass is 298 g/mol. The van der Waals surface area contributed by atoms with Gasteiger partial charge < -0.3 is 10.0 Å². The van der Waals surface area contributed by atoms with E-state index in [1.54, 1.807) is 4.90 Å². The summed E-state index contributed by atoms with van der Waals surface area (Å²) in [5.74, 6) is -1.54. The second kappa shape index (κ2) is 7.01. The Morgan fingerprint density at radius 3 is 2.57 bits per heavy atom. The van der Waals surface area contributed by atoms with E-state index in [-0.39, 0.29) is 18.2 Å². The summed E-state index contributed by atoms with van der Waals surface area (Å²) < 4.78 is 13.5. The van der Waals surface area contributed by atoms with Crippen molar-refractivity contribution in [1.29, 1.82) is 0 Å². The van der Waals surface area contributed by atoms with E-state index in [0.717, 1.165) is 6.07 Å². The maximum absolute atomic E-state index is 13.5. The van der Waals surface area contributed by atoms with Gasteiger partial charge in [-0.2, -0.15) is 0 Å². The number of aliphatic carboxylic acids is 1. The number of carboxylic acids is 1. The van der Waals surface area contributed by atoms with Gasteiger partial charge >= 0.3 is 5.97 Å². The number of nitrogens with zero attached hydrogens (tertiary/aromatic N) is 2. The lowest BCUT2D eigenvalue weighted by Crippen LogP contribution is -2.32. The fourth-order valence-corrected chi connectivity index (χ4v) is 2.09. The van der Waals surface area contributed by atoms with E-state index in [0.29, 0.717) is 24.2 Å². The van der Waals surface area contributed by atoms with E-state index in [9.17, 15) is 19.3 Å². The molecule has 0 radical (unpaired) electrons. The van der Waals surface area contributed by atoms with Crippen molar-refractivity contribution < 1.29 is 19.2 Å². The predicted molar refractivity (Wildman–Crippen MR) is 77.1 cm³/mol. The minimum Gasteiger partial charge on any atom is -0.481 e. The van der Waals surface area contributed by atoms with E-state index in [2.05, 4.69) is 0 Å². The van der Waals surface area contributed by atoms with Crippen LogP contribution >= 0.6 is 0 Å². The molecule has 0 heterocycles. The molecular formula is C14H19FN2O4. The van der Waals surface area contributed by atoms with Crippen molar-refractivity contribution in [3.05, 3.63) is 33.6 Å². The lowest BCUT2D eigenvalue weighted by molar-refractivity contribution is -0.384. The van der Waals surface area contributed by atoms with Crippen molar-refractivity contribution in [3.63, 3.8) is 0 Å². The molecule has 0 aliphatic heterocycles. The molecule has 0 aromatic heterocycles. The molecule has 116 valence electrons. The summed E-state index contributed by atoms with van der Waals surface area (Å²) in [7, 11) is 0. The highest BCUT2D eigenvalue weighted by atomic mass is 19.1. The molecule has 0 saturated carbocycles. The number of carbonyl (C=O) groups is 1. The third kappa shape index (κ3) is 4.40. The lowest BCUT2D eigenvalue weighted by Gasteiger charge is -2.28. The first-order valence-corrected chi connectivity index (χ1v) is 6.67. The molecule has 0 atom stereocenters. The van der Waals surface area contributed by atoms with Gasteiger partial charge in [0.15, 0.2) is 0 Å². The Morgan fingerprint density at radius 2 is 2.10 bits per heavy atom. The van der Waals surface area contributed by atoms with E-state index in [1.165, 1.54) is 13.0 Å². The van der Waals surface area contributed by atoms with Crippen LogP contribution in [-0.2, 0) is 4.79 Å². The molecule has 0 aliphatic rings. The fraction of sp³-hybridized carbons (Fsp3) is 0.500. The van der Waals surface area contributed by atoms with Crippen molar-refractivity contribution in [1.82, 2.24) is 0 Å². The Kier molecular flexibility index (Phi) is 5.63. The Morgan fingerprint density at radius 1 is 1.48 bits per heavy atom. The van der Waals surface area contributed by atoms with Gasteiger partial charge in [0.1, 0.15) is 11.5 Å². The average molecular weight is 298 g/mol. The second-order valence-electron chi connectivity index (χ2n) is 5.13. The SMILES string of the molecule is Cc1cc(N(CCCC(=O)O)C(C)C)c([N+](=O)[O-])cc1F. The van der Waals surface area contributed by atoms with Gasteiger partial charge in [0, 0.05) is 19.0 Å². The maximum Gasteiger partial charge on any atom is 0.303 e. The first-order chi connectivity index (χ1) is 9.73. The van der Waals surface area contributed by atoms with Crippen LogP contribution in [0.4, 0.5) is 15.8 Å². The smallest absolute Gasteiger partial charge is 0.303 e. The van der Waals surface area contributed by atoms with E-state index < -0.39 is 16.7 Å². The summed E-state index contributed by atoms with van der Waals surface area (Å²) in [6.07, 6.45) is 0.346. The number of hydrogen-bond donors (Lipinski definition) is 1. The first-order valence-electron chi connectivity index (χ1n) is 6.67. The normalized spacial score (nSPS) is 10.7. The minimum absolute atomic E-state index is 0.0167. The lowest BCUT2D eigenvalue weighted by atomic mass is 10.1. The van der Waals surface area contributed by atoms with Gasteiger partial charge in [-0.25, -0.2) is 4.39 Å². The zero-order valence-electron chi connectivity index (χ0n) is 12.3. The van der Waals surface area contributed by atoms with Gasteiger partial charge in [-0.15, -0.1) is 0 Å². The number of benzene rings is 1. The molecule has 0 amide bonds. The van der Waals surface area contributed by atoms with Gasteiger partial charge in [0.25, 0.3) is 5.69 Å². The van der Waals surface area contributed by atoms with Gasteiger partial charge in [-0.3, -0.25) is 14.9 Å². The van der Waals surface area contributed by atoms with Crippen molar-refractivity contribution in [3.8, 4) is 0 Å². The molecule has 0 saturated heterocycles. The molecule has 0 aliphatic carbocycles. The average Bonchev–Trinajstić information content (AvgIpc) is 2.36. The molecule has 1 rings (SSSR count). The molecule has 6 nitrogen and oxygen atoms in total. The molecule has 1 aromatic rings. The van der Waals surface area contributed by atoms with Crippen molar-refractivity contribution >= 4 is 17.3 Å². The third-order valence-electron chi connectivity index (χ3n) is 3.17. The van der Waals surface area contributed by atoms with Crippen LogP contribution in [0.15, 0.2) is 12.1 Å². The number of rotatable bonds is 7. The van der Waals surface area contributed by atoms with Crippen molar-refractivity contribution in [2.45, 2.75) is 39.7 Å². The molecule has 1 aromatic carbocycles. The van der Waals surface area contributed by atoms with Gasteiger partial charge in [-0.1, -0.05) is 0 Å². The van der Waals surface area contributed by atoms with E-state index in [4.69, 9.17) is 5.11 Å². The number of carboxylic acid groups (broad SMARTS) is 1. The zero-order chi connectivity index (χ0) is 16.2. The van der Waals surface area contributed by atoms with Gasteiger partial charge in [-0.05, 0) is 38.8 Å². The molecule has 21 heavy (non-hydrogen) atoms. The number of hydrogen-bond acceptors (Lipinski definition) is 4. The van der Waals surface area contributed by atoms with E-state index >= 15 is 0 Å². The maximum atomic E-state index is 13.5. The summed E-state index contributed by atoms with van der Waals surface area (Å²) in [5.41, 5.74) is 0.334. The Balaban J connectivity index is 3.15. The summed E-state index contributed by atoms with van der Waals surface area (Å²) in [6, 6.07) is 2.29. The van der Waals surface area contributed by atoms with Crippen LogP contribution < -0.4 is 4.90 Å². The quantitative estimate of drug-likeness (QED) is 0.617. The zero-order valence-corrected chi connectivity index (χ0v) is 12.3. The molecule has 1 N–H and O–H groups in total. The van der Waals surface area contributed by atoms with Crippen molar-refractivity contribution in [2.24, 2.45) is 0 Å². The number of halogens is 1. The molecular weight excluding hydrogens is 279 g/mol. The largest absolute Gasteiger partial charge is 0.481 e. The molecule has 0 fully saturated rings. The van der Waals surface area contributed by atoms with Crippen LogP contribution in [0.25, 0.3) is 0 Å². The summed E-state index contributed by atoms with van der Waals surface area (Å²) >= 11 is 0. The molecule has 7 heteroatoms. The number of nitro groups is 1. The number of aryl methyl sites for hydroxylation is 1. The van der Waals surface area contributed by atoms with Crippen LogP contribution in [0.1, 0.15) is 32.3 Å². The predicted octanol–water partition coefficient (Wildman–Crippen LogP) is 3.12. The van der Waals surface area contributed by atoms with Crippen LogP contribution in [0, 0.1) is 22.9 Å². The minimum atomic E-state index is -0.913. The highest BCUT2D eigenvalue weighted by molar-refractivity contribution is 5.67. The summed E-state index contributed by atoms with van der Waals surface area (Å²) in [5, 5.41) is 19.8. The topological polar surface area (TPSA) is 83.7 Å². The number of anilines is 1. The number of nitro benzene ring substituents is 1. The summed E-state index contributed by atoms with van der Waals surface area (Å²) in [4.78, 5) is 22.8. The van der Waals surface area contributed by atoms with Crippen LogP contribution in [-0.4, -0.2) is 28.6 Å². The van der Waals surface area contributed by atoms with E-state index in [1.807, 2.05) is 13.8 Å². The van der Waals surface area contributed by atoms with Crippen LogP contribution in [0.2, 0.25) is 0 Å². The molecule has 0 bridgehead atoms. The van der Waals surface area contributed by atoms with Crippen molar-refractivity contribution in [2.75, 3.05) is 11.4 Å². The Labute approximate surface area is 122 Å². The van der Waals surface area contributed by atoms with Crippen LogP contribution in [0.3, 0.4) is 0 Å². The van der Waals surface area contributed by atoms with Crippen LogP contribution in [0.5, 0.6) is 0 Å². The Hall–Kier alpha value is -2.18. The Bertz CT molecular complexity index is 546. The standard InChI is InChI=1S/C14H19FN2O4/c1-9(2)16(6-4-5-14(18)19)12-7-10(3)11(15)8-13(12)17(20)21/h7-9H,4-6H2,1-3H3,(H,18,19). The summed E-state index contributed by atoms with van der Waals surface area (Å²) in [6.45, 7) is 5.60. The molecule has 0 unspecified atom stereocenters. The fourth-order valence-electron chi connectivity index (χ4n) is 2.09. The first kappa shape index (κ1) is 16.9. The highest BCUT2D eigenvalue weighted by Gasteiger charge is 2.23. The van der Waals surface area contributed by atoms with Gasteiger partial charge in [0.05, 0.1) is 11.0 Å². The molecule has 0 spiro atoms. The third-order valence-corrected chi connectivity index (χ3v) is 3.17. The second-order valence-corrected chi connectivity index (χ2v) is 5.13. The van der Waals surface area contributed by atoms with Gasteiger partial charge in [0.2, 0.25) is 0 Å².